The minimum absolute atomic E-state index is 0.0232. The molecule has 2 rings (SSSR count). The molecule has 6 nitrogen and oxygen atoms in total. The zero-order chi connectivity index (χ0) is 15.4. The second-order valence-corrected chi connectivity index (χ2v) is 4.72. The summed E-state index contributed by atoms with van der Waals surface area (Å²) in [7, 11) is 0. The van der Waals surface area contributed by atoms with Gasteiger partial charge < -0.3 is 9.88 Å². The summed E-state index contributed by atoms with van der Waals surface area (Å²) < 4.78 is 1.55. The molecule has 0 bridgehead atoms. The third-order valence-electron chi connectivity index (χ3n) is 3.23. The summed E-state index contributed by atoms with van der Waals surface area (Å²) in [5, 5.41) is 14.1. The molecular formula is C15H17N3O3. The van der Waals surface area contributed by atoms with Gasteiger partial charge in [-0.1, -0.05) is 18.2 Å². The standard InChI is InChI=1S/C15H17N3O3/c1-3-16-14-12(7-4-8-13(14)18(20)21)10-17-9-5-6-11(2)15(17)19/h4-9,16H,3,10H2,1-2H3. The monoisotopic (exact) mass is 287 g/mol. The van der Waals surface area contributed by atoms with Gasteiger partial charge in [0.05, 0.1) is 11.5 Å². The molecule has 0 radical (unpaired) electrons. The van der Waals surface area contributed by atoms with Crippen LogP contribution in [0.4, 0.5) is 11.4 Å². The number of rotatable bonds is 5. The maximum absolute atomic E-state index is 12.1. The maximum Gasteiger partial charge on any atom is 0.292 e. The van der Waals surface area contributed by atoms with Crippen molar-refractivity contribution in [2.75, 3.05) is 11.9 Å². The van der Waals surface area contributed by atoms with Crippen molar-refractivity contribution < 1.29 is 4.92 Å². The quantitative estimate of drug-likeness (QED) is 0.677. The number of benzene rings is 1. The lowest BCUT2D eigenvalue weighted by Crippen LogP contribution is -2.22. The van der Waals surface area contributed by atoms with E-state index in [1.807, 2.05) is 6.92 Å². The first-order chi connectivity index (χ1) is 10.0. The highest BCUT2D eigenvalue weighted by atomic mass is 16.6. The number of aryl methyl sites for hydroxylation is 1. The summed E-state index contributed by atoms with van der Waals surface area (Å²) in [5.41, 5.74) is 1.77. The summed E-state index contributed by atoms with van der Waals surface area (Å²) in [5.74, 6) is 0. The Morgan fingerprint density at radius 1 is 1.29 bits per heavy atom. The molecule has 0 fully saturated rings. The smallest absolute Gasteiger partial charge is 0.292 e. The summed E-state index contributed by atoms with van der Waals surface area (Å²) >= 11 is 0. The minimum Gasteiger partial charge on any atom is -0.379 e. The first-order valence-electron chi connectivity index (χ1n) is 6.70. The molecule has 0 amide bonds. The third-order valence-corrected chi connectivity index (χ3v) is 3.23. The van der Waals surface area contributed by atoms with E-state index in [2.05, 4.69) is 5.32 Å². The molecule has 1 N–H and O–H groups in total. The van der Waals surface area contributed by atoms with E-state index >= 15 is 0 Å². The zero-order valence-electron chi connectivity index (χ0n) is 12.0. The van der Waals surface area contributed by atoms with E-state index < -0.39 is 4.92 Å². The van der Waals surface area contributed by atoms with Crippen LogP contribution in [0.25, 0.3) is 0 Å². The molecule has 110 valence electrons. The Balaban J connectivity index is 2.49. The second-order valence-electron chi connectivity index (χ2n) is 4.72. The third kappa shape index (κ3) is 3.10. The van der Waals surface area contributed by atoms with Gasteiger partial charge in [-0.3, -0.25) is 14.9 Å². The molecule has 0 aliphatic heterocycles. The molecule has 6 heteroatoms. The van der Waals surface area contributed by atoms with Crippen LogP contribution < -0.4 is 10.9 Å². The van der Waals surface area contributed by atoms with Crippen molar-refractivity contribution in [3.05, 3.63) is 68.1 Å². The fraction of sp³-hybridized carbons (Fsp3) is 0.267. The van der Waals surface area contributed by atoms with Crippen LogP contribution >= 0.6 is 0 Å². The van der Waals surface area contributed by atoms with Crippen LogP contribution in [0.3, 0.4) is 0 Å². The number of nitrogens with zero attached hydrogens (tertiary/aromatic N) is 2. The van der Waals surface area contributed by atoms with Crippen LogP contribution in [-0.2, 0) is 6.54 Å². The molecule has 1 aromatic heterocycles. The second kappa shape index (κ2) is 6.21. The predicted molar refractivity (Wildman–Crippen MR) is 81.8 cm³/mol. The lowest BCUT2D eigenvalue weighted by molar-refractivity contribution is -0.384. The van der Waals surface area contributed by atoms with Crippen LogP contribution in [0.15, 0.2) is 41.3 Å². The van der Waals surface area contributed by atoms with Gasteiger partial charge in [0.1, 0.15) is 5.69 Å². The van der Waals surface area contributed by atoms with Gasteiger partial charge in [0.25, 0.3) is 11.2 Å². The maximum atomic E-state index is 12.1. The lowest BCUT2D eigenvalue weighted by atomic mass is 10.1. The Morgan fingerprint density at radius 2 is 2.05 bits per heavy atom. The van der Waals surface area contributed by atoms with E-state index in [1.165, 1.54) is 6.07 Å². The van der Waals surface area contributed by atoms with Crippen LogP contribution in [0.1, 0.15) is 18.1 Å². The van der Waals surface area contributed by atoms with E-state index in [0.29, 0.717) is 24.3 Å². The van der Waals surface area contributed by atoms with Gasteiger partial charge in [-0.05, 0) is 19.9 Å². The summed E-state index contributed by atoms with van der Waals surface area (Å²) in [6.07, 6.45) is 1.68. The van der Waals surface area contributed by atoms with Crippen LogP contribution in [0.2, 0.25) is 0 Å². The Kier molecular flexibility index (Phi) is 4.37. The van der Waals surface area contributed by atoms with Gasteiger partial charge in [0.2, 0.25) is 0 Å². The van der Waals surface area contributed by atoms with Crippen LogP contribution in [0, 0.1) is 17.0 Å². The molecule has 21 heavy (non-hydrogen) atoms. The number of nitro groups is 1. The van der Waals surface area contributed by atoms with E-state index in [-0.39, 0.29) is 11.2 Å². The molecule has 1 aromatic carbocycles. The van der Waals surface area contributed by atoms with Crippen LogP contribution in [-0.4, -0.2) is 16.0 Å². The number of hydrogen-bond acceptors (Lipinski definition) is 4. The van der Waals surface area contributed by atoms with E-state index in [9.17, 15) is 14.9 Å². The number of hydrogen-bond donors (Lipinski definition) is 1. The molecule has 0 unspecified atom stereocenters. The van der Waals surface area contributed by atoms with E-state index in [0.717, 1.165) is 5.56 Å². The first-order valence-corrected chi connectivity index (χ1v) is 6.70. The van der Waals surface area contributed by atoms with Crippen molar-refractivity contribution in [2.45, 2.75) is 20.4 Å². The van der Waals surface area contributed by atoms with Crippen molar-refractivity contribution in [1.29, 1.82) is 0 Å². The Hall–Kier alpha value is -2.63. The zero-order valence-corrected chi connectivity index (χ0v) is 12.0. The fourth-order valence-electron chi connectivity index (χ4n) is 2.22. The predicted octanol–water partition coefficient (Wildman–Crippen LogP) is 2.55. The molecule has 0 aliphatic rings. The lowest BCUT2D eigenvalue weighted by Gasteiger charge is -2.12. The van der Waals surface area contributed by atoms with Gasteiger partial charge in [-0.2, -0.15) is 0 Å². The number of aromatic nitrogens is 1. The molecule has 1 heterocycles. The Labute approximate surface area is 122 Å². The molecule has 2 aromatic rings. The molecule has 0 saturated heterocycles. The van der Waals surface area contributed by atoms with Crippen molar-refractivity contribution >= 4 is 11.4 Å². The van der Waals surface area contributed by atoms with E-state index in [1.54, 1.807) is 42.0 Å². The van der Waals surface area contributed by atoms with Gasteiger partial charge in [-0.15, -0.1) is 0 Å². The average molecular weight is 287 g/mol. The highest BCUT2D eigenvalue weighted by Crippen LogP contribution is 2.28. The normalized spacial score (nSPS) is 10.4. The number of pyridine rings is 1. The molecule has 0 aliphatic carbocycles. The topological polar surface area (TPSA) is 77.2 Å². The number of nitrogens with one attached hydrogen (secondary N) is 1. The van der Waals surface area contributed by atoms with E-state index in [4.69, 9.17) is 0 Å². The Bertz CT molecular complexity index is 722. The van der Waals surface area contributed by atoms with Crippen LogP contribution in [0.5, 0.6) is 0 Å². The highest BCUT2D eigenvalue weighted by Gasteiger charge is 2.17. The minimum atomic E-state index is -0.416. The van der Waals surface area contributed by atoms with Gasteiger partial charge in [0.15, 0.2) is 0 Å². The van der Waals surface area contributed by atoms with Crippen molar-refractivity contribution in [2.24, 2.45) is 0 Å². The molecular weight excluding hydrogens is 270 g/mol. The number of anilines is 1. The molecule has 0 atom stereocenters. The fourth-order valence-corrected chi connectivity index (χ4v) is 2.22. The number of para-hydroxylation sites is 1. The summed E-state index contributed by atoms with van der Waals surface area (Å²) in [6.45, 7) is 4.49. The van der Waals surface area contributed by atoms with Gasteiger partial charge in [-0.25, -0.2) is 0 Å². The average Bonchev–Trinajstić information content (AvgIpc) is 2.45. The highest BCUT2D eigenvalue weighted by molar-refractivity contribution is 5.66. The number of nitro benzene ring substituents is 1. The van der Waals surface area contributed by atoms with Crippen molar-refractivity contribution in [3.63, 3.8) is 0 Å². The first kappa shape index (κ1) is 14.8. The van der Waals surface area contributed by atoms with Gasteiger partial charge in [0, 0.05) is 29.9 Å². The summed E-state index contributed by atoms with van der Waals surface area (Å²) in [4.78, 5) is 22.8. The molecule has 0 spiro atoms. The summed E-state index contributed by atoms with van der Waals surface area (Å²) in [6, 6.07) is 8.42. The van der Waals surface area contributed by atoms with Gasteiger partial charge >= 0.3 is 0 Å². The van der Waals surface area contributed by atoms with Crippen molar-refractivity contribution in [3.8, 4) is 0 Å². The SMILES string of the molecule is CCNc1c(Cn2cccc(C)c2=O)cccc1[N+](=O)[O-]. The Morgan fingerprint density at radius 3 is 2.71 bits per heavy atom. The largest absolute Gasteiger partial charge is 0.379 e. The molecule has 0 saturated carbocycles. The van der Waals surface area contributed by atoms with Crippen molar-refractivity contribution in [1.82, 2.24) is 4.57 Å².